The number of ether oxygens (including phenoxy) is 1. The average Bonchev–Trinajstić information content (AvgIpc) is 3.82. The Bertz CT molecular complexity index is 1790. The van der Waals surface area contributed by atoms with Crippen LogP contribution in [0.15, 0.2) is 54.4 Å². The van der Waals surface area contributed by atoms with E-state index in [1.807, 2.05) is 24.3 Å². The van der Waals surface area contributed by atoms with E-state index in [0.29, 0.717) is 50.5 Å². The van der Waals surface area contributed by atoms with E-state index in [1.54, 1.807) is 34.7 Å². The van der Waals surface area contributed by atoms with Gasteiger partial charge in [-0.15, -0.1) is 16.4 Å². The van der Waals surface area contributed by atoms with Gasteiger partial charge in [0.1, 0.15) is 11.7 Å². The van der Waals surface area contributed by atoms with Gasteiger partial charge in [0.2, 0.25) is 5.13 Å². The van der Waals surface area contributed by atoms with E-state index in [0.717, 1.165) is 23.5 Å². The highest BCUT2D eigenvalue weighted by atomic mass is 35.5. The maximum atomic E-state index is 14.0. The molecule has 43 heavy (non-hydrogen) atoms. The molecule has 10 nitrogen and oxygen atoms in total. The summed E-state index contributed by atoms with van der Waals surface area (Å²) < 4.78 is 21.3. The largest absolute Gasteiger partial charge is 0.394 e. The number of hydrogen-bond donors (Lipinski definition) is 1. The molecule has 2 atom stereocenters. The van der Waals surface area contributed by atoms with Crippen molar-refractivity contribution >= 4 is 62.2 Å². The quantitative estimate of drug-likeness (QED) is 0.273. The summed E-state index contributed by atoms with van der Waals surface area (Å²) in [5.74, 6) is -0.332. The normalized spacial score (nSPS) is 18.4. The first-order valence-corrected chi connectivity index (χ1v) is 15.4. The fourth-order valence-electron chi connectivity index (χ4n) is 5.65. The molecular weight excluding hydrogens is 616 g/mol. The number of aliphatic hydroxyl groups excluding tert-OH is 1. The van der Waals surface area contributed by atoms with Crippen molar-refractivity contribution in [2.45, 2.75) is 31.7 Å². The van der Waals surface area contributed by atoms with Crippen LogP contribution in [0.1, 0.15) is 11.4 Å². The number of hydrogen-bond acceptors (Lipinski definition) is 8. The summed E-state index contributed by atoms with van der Waals surface area (Å²) in [5.41, 5.74) is 4.27. The zero-order valence-corrected chi connectivity index (χ0v) is 25.1. The van der Waals surface area contributed by atoms with E-state index in [9.17, 15) is 14.3 Å². The van der Waals surface area contributed by atoms with Crippen LogP contribution in [-0.4, -0.2) is 74.0 Å². The number of carbonyl (C=O) groups excluding carboxylic acids is 1. The summed E-state index contributed by atoms with van der Waals surface area (Å²) in [6.45, 7) is 2.12. The summed E-state index contributed by atoms with van der Waals surface area (Å²) in [4.78, 5) is 26.0. The maximum Gasteiger partial charge on any atom is 0.255 e. The molecule has 2 aromatic carbocycles. The van der Waals surface area contributed by atoms with Crippen molar-refractivity contribution in [3.05, 3.63) is 75.9 Å². The smallest absolute Gasteiger partial charge is 0.255 e. The third-order valence-corrected chi connectivity index (χ3v) is 9.21. The van der Waals surface area contributed by atoms with Crippen LogP contribution in [0.4, 0.5) is 15.2 Å². The Balaban J connectivity index is 1.21. The second kappa shape index (κ2) is 11.5. The van der Waals surface area contributed by atoms with Gasteiger partial charge in [-0.25, -0.2) is 14.4 Å². The lowest BCUT2D eigenvalue weighted by Gasteiger charge is -2.33. The lowest BCUT2D eigenvalue weighted by atomic mass is 10.0. The third kappa shape index (κ3) is 5.27. The van der Waals surface area contributed by atoms with Crippen molar-refractivity contribution in [1.82, 2.24) is 24.4 Å². The molecule has 1 unspecified atom stereocenters. The summed E-state index contributed by atoms with van der Waals surface area (Å²) in [6, 6.07) is 9.73. The number of morpholine rings is 1. The van der Waals surface area contributed by atoms with Crippen LogP contribution in [0.5, 0.6) is 0 Å². The highest BCUT2D eigenvalue weighted by molar-refractivity contribution is 7.13. The SMILES string of the molecule is O=C(Cc1ncn2c1C[C@@H](F)C2)N(c1nccs1)n1cc2c(Cl)cc(-c3ccc(N4CCOC(CO)C4)cc3)c(Cl)c2n1. The van der Waals surface area contributed by atoms with Gasteiger partial charge in [0.25, 0.3) is 5.91 Å². The van der Waals surface area contributed by atoms with Crippen molar-refractivity contribution in [3.63, 3.8) is 0 Å². The molecule has 0 aliphatic carbocycles. The van der Waals surface area contributed by atoms with Crippen LogP contribution in [0.3, 0.4) is 0 Å². The van der Waals surface area contributed by atoms with Gasteiger partial charge in [-0.05, 0) is 23.8 Å². The number of thiazole rings is 1. The third-order valence-electron chi connectivity index (χ3n) is 7.76. The second-order valence-corrected chi connectivity index (χ2v) is 12.1. The molecule has 0 spiro atoms. The van der Waals surface area contributed by atoms with Gasteiger partial charge in [-0.2, -0.15) is 9.80 Å². The molecule has 222 valence electrons. The molecule has 3 aromatic heterocycles. The summed E-state index contributed by atoms with van der Waals surface area (Å²) in [6.07, 6.45) is 3.83. The zero-order valence-electron chi connectivity index (χ0n) is 22.7. The molecule has 1 saturated heterocycles. The van der Waals surface area contributed by atoms with Crippen LogP contribution in [0, 0.1) is 0 Å². The van der Waals surface area contributed by atoms with Crippen molar-refractivity contribution < 1.29 is 19.0 Å². The number of amides is 1. The predicted molar refractivity (Wildman–Crippen MR) is 164 cm³/mol. The van der Waals surface area contributed by atoms with Gasteiger partial charge >= 0.3 is 0 Å². The Hall–Kier alpha value is -3.55. The van der Waals surface area contributed by atoms with Crippen molar-refractivity contribution in [2.24, 2.45) is 0 Å². The minimum atomic E-state index is -0.981. The first-order valence-electron chi connectivity index (χ1n) is 13.7. The molecule has 2 aliphatic rings. The standard InChI is InChI=1S/C29H26Cl2FN7O3S/c30-23-10-21(17-1-3-19(4-2-17)36-6-7-42-20(13-36)15-40)27(31)28-22(23)14-38(35-28)39(29-33-5-8-43-29)26(41)11-24-25-9-18(32)12-37(25)16-34-24/h1-5,8,10,14,16,18,20,40H,6-7,9,11-13,15H2/t18-,20?/m1/s1. The topological polar surface area (TPSA) is 102 Å². The molecule has 1 N–H and O–H groups in total. The number of fused-ring (bicyclic) bond motifs is 2. The molecule has 5 heterocycles. The Kier molecular flexibility index (Phi) is 7.56. The summed E-state index contributed by atoms with van der Waals surface area (Å²) in [7, 11) is 0. The number of imidazole rings is 1. The fraction of sp³-hybridized carbons (Fsp3) is 0.310. The highest BCUT2D eigenvalue weighted by Crippen LogP contribution is 2.39. The molecule has 1 fully saturated rings. The number of anilines is 2. The molecule has 1 amide bonds. The Morgan fingerprint density at radius 2 is 2.05 bits per heavy atom. The van der Waals surface area contributed by atoms with E-state index >= 15 is 0 Å². The lowest BCUT2D eigenvalue weighted by molar-refractivity contribution is -0.118. The monoisotopic (exact) mass is 641 g/mol. The first kappa shape index (κ1) is 28.2. The summed E-state index contributed by atoms with van der Waals surface area (Å²) in [5, 5.41) is 19.1. The molecule has 14 heteroatoms. The van der Waals surface area contributed by atoms with Crippen molar-refractivity contribution in [3.8, 4) is 11.1 Å². The van der Waals surface area contributed by atoms with Crippen LogP contribution in [-0.2, 0) is 28.9 Å². The van der Waals surface area contributed by atoms with E-state index < -0.39 is 6.17 Å². The highest BCUT2D eigenvalue weighted by Gasteiger charge is 2.29. The average molecular weight is 643 g/mol. The minimum absolute atomic E-state index is 0.0219. The predicted octanol–water partition coefficient (Wildman–Crippen LogP) is 4.79. The minimum Gasteiger partial charge on any atom is -0.394 e. The van der Waals surface area contributed by atoms with Gasteiger partial charge in [0, 0.05) is 53.4 Å². The van der Waals surface area contributed by atoms with E-state index in [2.05, 4.69) is 14.9 Å². The van der Waals surface area contributed by atoms with E-state index in [-0.39, 0.29) is 38.0 Å². The van der Waals surface area contributed by atoms with Gasteiger partial charge in [-0.3, -0.25) is 4.79 Å². The lowest BCUT2D eigenvalue weighted by Crippen LogP contribution is -2.44. The number of nitrogens with zero attached hydrogens (tertiary/aromatic N) is 7. The Morgan fingerprint density at radius 3 is 2.81 bits per heavy atom. The second-order valence-electron chi connectivity index (χ2n) is 10.5. The molecular formula is C29H26Cl2FN7O3S. The van der Waals surface area contributed by atoms with Gasteiger partial charge in [-0.1, -0.05) is 35.3 Å². The number of halogens is 3. The van der Waals surface area contributed by atoms with Gasteiger partial charge in [0.15, 0.2) is 0 Å². The van der Waals surface area contributed by atoms with Gasteiger partial charge in [0.05, 0.1) is 60.5 Å². The molecule has 0 saturated carbocycles. The van der Waals surface area contributed by atoms with Crippen molar-refractivity contribution in [1.29, 1.82) is 0 Å². The number of aromatic nitrogens is 5. The fourth-order valence-corrected chi connectivity index (χ4v) is 6.85. The first-order chi connectivity index (χ1) is 20.9. The maximum absolute atomic E-state index is 14.0. The molecule has 0 radical (unpaired) electrons. The van der Waals surface area contributed by atoms with Crippen molar-refractivity contribution in [2.75, 3.05) is 36.2 Å². The van der Waals surface area contributed by atoms with E-state index in [1.165, 1.54) is 21.1 Å². The van der Waals surface area contributed by atoms with Crippen LogP contribution >= 0.6 is 34.5 Å². The molecule has 7 rings (SSSR count). The molecule has 2 aliphatic heterocycles. The Morgan fingerprint density at radius 1 is 1.21 bits per heavy atom. The number of carbonyl (C=O) groups is 1. The number of aliphatic hydroxyl groups is 1. The van der Waals surface area contributed by atoms with E-state index in [4.69, 9.17) is 33.0 Å². The molecule has 0 bridgehead atoms. The Labute approximate surface area is 259 Å². The van der Waals surface area contributed by atoms with Crippen LogP contribution in [0.2, 0.25) is 10.0 Å². The van der Waals surface area contributed by atoms with Crippen LogP contribution in [0.25, 0.3) is 22.0 Å². The molecule has 5 aromatic rings. The van der Waals surface area contributed by atoms with Gasteiger partial charge < -0.3 is 19.3 Å². The van der Waals surface area contributed by atoms with Crippen LogP contribution < -0.4 is 9.91 Å². The summed E-state index contributed by atoms with van der Waals surface area (Å²) >= 11 is 15.0. The zero-order chi connectivity index (χ0) is 29.7. The number of benzene rings is 2. The number of alkyl halides is 1. The number of rotatable bonds is 7.